The maximum absolute atomic E-state index is 13.2. The van der Waals surface area contributed by atoms with Gasteiger partial charge in [-0.2, -0.15) is 0 Å². The Labute approximate surface area is 83.7 Å². The van der Waals surface area contributed by atoms with Gasteiger partial charge in [-0.15, -0.1) is 11.3 Å². The molecule has 0 saturated carbocycles. The third-order valence-corrected chi connectivity index (χ3v) is 2.96. The Kier molecular flexibility index (Phi) is 2.18. The van der Waals surface area contributed by atoms with Crippen LogP contribution in [0.25, 0.3) is 10.1 Å². The zero-order valence-corrected chi connectivity index (χ0v) is 7.88. The number of hydrogen-bond acceptors (Lipinski definition) is 4. The fourth-order valence-electron chi connectivity index (χ4n) is 1.28. The van der Waals surface area contributed by atoms with Crippen molar-refractivity contribution in [1.82, 2.24) is 0 Å². The highest BCUT2D eigenvalue weighted by molar-refractivity contribution is 7.17. The highest BCUT2D eigenvalue weighted by atomic mass is 32.1. The van der Waals surface area contributed by atoms with E-state index < -0.39 is 12.9 Å². The number of halogens is 1. The summed E-state index contributed by atoms with van der Waals surface area (Å²) < 4.78 is 13.9. The van der Waals surface area contributed by atoms with Gasteiger partial charge >= 0.3 is 7.12 Å². The van der Waals surface area contributed by atoms with Gasteiger partial charge in [0.25, 0.3) is 0 Å². The van der Waals surface area contributed by atoms with E-state index in [1.807, 2.05) is 0 Å². The highest BCUT2D eigenvalue weighted by Crippen LogP contribution is 2.27. The molecule has 0 saturated heterocycles. The van der Waals surface area contributed by atoms with Crippen LogP contribution in [0.5, 0.6) is 0 Å². The van der Waals surface area contributed by atoms with Crippen molar-refractivity contribution in [2.45, 2.75) is 0 Å². The lowest BCUT2D eigenvalue weighted by atomic mass is 9.79. The molecule has 0 amide bonds. The van der Waals surface area contributed by atoms with Crippen LogP contribution in [0.4, 0.5) is 10.1 Å². The van der Waals surface area contributed by atoms with E-state index in [1.54, 1.807) is 5.38 Å². The van der Waals surface area contributed by atoms with Crippen LogP contribution >= 0.6 is 11.3 Å². The second-order valence-corrected chi connectivity index (χ2v) is 3.85. The molecule has 1 heterocycles. The van der Waals surface area contributed by atoms with Gasteiger partial charge in [-0.1, -0.05) is 0 Å². The summed E-state index contributed by atoms with van der Waals surface area (Å²) in [6, 6.07) is 2.62. The van der Waals surface area contributed by atoms with Gasteiger partial charge < -0.3 is 15.8 Å². The lowest BCUT2D eigenvalue weighted by Crippen LogP contribution is -2.32. The van der Waals surface area contributed by atoms with Crippen molar-refractivity contribution in [1.29, 1.82) is 0 Å². The third-order valence-electron chi connectivity index (χ3n) is 2.00. The molecule has 0 fully saturated rings. The van der Waals surface area contributed by atoms with E-state index in [0.29, 0.717) is 15.8 Å². The molecule has 72 valence electrons. The lowest BCUT2D eigenvalue weighted by molar-refractivity contribution is 0.423. The number of nitrogen functional groups attached to an aromatic ring is 1. The van der Waals surface area contributed by atoms with Crippen LogP contribution < -0.4 is 11.2 Å². The van der Waals surface area contributed by atoms with E-state index in [9.17, 15) is 4.39 Å². The molecule has 0 aliphatic heterocycles. The van der Waals surface area contributed by atoms with E-state index in [4.69, 9.17) is 15.8 Å². The Morgan fingerprint density at radius 3 is 2.71 bits per heavy atom. The summed E-state index contributed by atoms with van der Waals surface area (Å²) >= 11 is 1.32. The molecule has 0 spiro atoms. The molecule has 1 aromatic heterocycles. The van der Waals surface area contributed by atoms with Crippen LogP contribution in [0.15, 0.2) is 17.5 Å². The molecule has 1 aromatic carbocycles. The Hall–Kier alpha value is -1.11. The molecule has 6 heteroatoms. The normalized spacial score (nSPS) is 10.8. The Morgan fingerprint density at radius 1 is 1.36 bits per heavy atom. The van der Waals surface area contributed by atoms with Crippen molar-refractivity contribution >= 4 is 39.7 Å². The molecule has 0 bridgehead atoms. The first-order chi connectivity index (χ1) is 6.59. The number of rotatable bonds is 1. The van der Waals surface area contributed by atoms with Crippen LogP contribution in [0, 0.1) is 5.82 Å². The maximum Gasteiger partial charge on any atom is 0.491 e. The van der Waals surface area contributed by atoms with Gasteiger partial charge in [0.2, 0.25) is 0 Å². The third kappa shape index (κ3) is 1.37. The van der Waals surface area contributed by atoms with Gasteiger partial charge in [-0.3, -0.25) is 0 Å². The molecule has 0 aliphatic carbocycles. The Bertz CT molecular complexity index is 485. The van der Waals surface area contributed by atoms with Crippen LogP contribution in [0.3, 0.4) is 0 Å². The van der Waals surface area contributed by atoms with Crippen molar-refractivity contribution in [3.05, 3.63) is 23.3 Å². The summed E-state index contributed by atoms with van der Waals surface area (Å²) in [4.78, 5) is 0. The second kappa shape index (κ2) is 3.23. The number of hydrogen-bond donors (Lipinski definition) is 3. The van der Waals surface area contributed by atoms with Gasteiger partial charge in [0.05, 0.1) is 5.69 Å². The minimum absolute atomic E-state index is 0.150. The Balaban J connectivity index is 2.74. The molecule has 0 radical (unpaired) electrons. The molecular formula is C8H7BFNO2S. The predicted octanol–water partition coefficient (Wildman–Crippen LogP) is 0.302. The van der Waals surface area contributed by atoms with E-state index in [-0.39, 0.29) is 5.46 Å². The molecule has 4 N–H and O–H groups in total. The van der Waals surface area contributed by atoms with Gasteiger partial charge in [-0.05, 0) is 12.1 Å². The van der Waals surface area contributed by atoms with Crippen molar-refractivity contribution in [3.8, 4) is 0 Å². The van der Waals surface area contributed by atoms with Gasteiger partial charge in [-0.25, -0.2) is 4.39 Å². The van der Waals surface area contributed by atoms with Gasteiger partial charge in [0.1, 0.15) is 5.82 Å². The lowest BCUT2D eigenvalue weighted by Gasteiger charge is -2.01. The van der Waals surface area contributed by atoms with Crippen LogP contribution in [-0.2, 0) is 0 Å². The second-order valence-electron chi connectivity index (χ2n) is 2.93. The number of fused-ring (bicyclic) bond motifs is 1. The molecule has 3 nitrogen and oxygen atoms in total. The van der Waals surface area contributed by atoms with Crippen LogP contribution in [-0.4, -0.2) is 17.2 Å². The van der Waals surface area contributed by atoms with Crippen molar-refractivity contribution in [2.75, 3.05) is 5.73 Å². The summed E-state index contributed by atoms with van der Waals surface area (Å²) in [5.41, 5.74) is 5.99. The summed E-state index contributed by atoms with van der Waals surface area (Å²) in [7, 11) is -1.81. The first-order valence-electron chi connectivity index (χ1n) is 3.92. The molecule has 2 rings (SSSR count). The quantitative estimate of drug-likeness (QED) is 0.594. The number of thiophene rings is 1. The minimum atomic E-state index is -1.81. The average Bonchev–Trinajstić information content (AvgIpc) is 2.46. The number of anilines is 1. The topological polar surface area (TPSA) is 66.5 Å². The monoisotopic (exact) mass is 211 g/mol. The smallest absolute Gasteiger partial charge is 0.423 e. The molecule has 14 heavy (non-hydrogen) atoms. The van der Waals surface area contributed by atoms with E-state index >= 15 is 0 Å². The summed E-state index contributed by atoms with van der Waals surface area (Å²) in [6.07, 6.45) is 0. The molecule has 0 atom stereocenters. The average molecular weight is 211 g/mol. The first-order valence-corrected chi connectivity index (χ1v) is 4.80. The standard InChI is InChI=1S/C8H7BFNO2S/c10-6-2-8-4(7(11)3-14-8)1-5(6)9(12)13/h1-3,12-13H,11H2. The Morgan fingerprint density at radius 2 is 2.07 bits per heavy atom. The van der Waals surface area contributed by atoms with E-state index in [0.717, 1.165) is 0 Å². The van der Waals surface area contributed by atoms with Crippen LogP contribution in [0.2, 0.25) is 0 Å². The highest BCUT2D eigenvalue weighted by Gasteiger charge is 2.18. The summed E-state index contributed by atoms with van der Waals surface area (Å²) in [5.74, 6) is -0.630. The maximum atomic E-state index is 13.2. The zero-order valence-electron chi connectivity index (χ0n) is 7.07. The fourth-order valence-corrected chi connectivity index (χ4v) is 2.14. The fraction of sp³-hybridized carbons (Fsp3) is 0. The van der Waals surface area contributed by atoms with Crippen LogP contribution in [0.1, 0.15) is 0 Å². The van der Waals surface area contributed by atoms with E-state index in [2.05, 4.69) is 0 Å². The van der Waals surface area contributed by atoms with E-state index in [1.165, 1.54) is 23.5 Å². The van der Waals surface area contributed by atoms with Gasteiger partial charge in [0.15, 0.2) is 0 Å². The summed E-state index contributed by atoms with van der Waals surface area (Å²) in [5, 5.41) is 20.1. The summed E-state index contributed by atoms with van der Waals surface area (Å²) in [6.45, 7) is 0. The first kappa shape index (κ1) is 9.45. The largest absolute Gasteiger partial charge is 0.491 e. The van der Waals surface area contributed by atoms with Crippen molar-refractivity contribution in [3.63, 3.8) is 0 Å². The zero-order chi connectivity index (χ0) is 10.3. The molecule has 2 aromatic rings. The molecule has 0 unspecified atom stereocenters. The van der Waals surface area contributed by atoms with Crippen molar-refractivity contribution < 1.29 is 14.4 Å². The molecular weight excluding hydrogens is 204 g/mol. The number of nitrogens with two attached hydrogens (primary N) is 1. The van der Waals surface area contributed by atoms with Crippen molar-refractivity contribution in [2.24, 2.45) is 0 Å². The number of benzene rings is 1. The molecule has 0 aliphatic rings. The van der Waals surface area contributed by atoms with Gasteiger partial charge in [0, 0.05) is 20.9 Å². The minimum Gasteiger partial charge on any atom is -0.423 e. The predicted molar refractivity (Wildman–Crippen MR) is 56.0 cm³/mol. The SMILES string of the molecule is Nc1csc2cc(F)c(B(O)O)cc12.